The van der Waals surface area contributed by atoms with Crippen molar-refractivity contribution < 1.29 is 9.50 Å². The fourth-order valence-electron chi connectivity index (χ4n) is 3.59. The van der Waals surface area contributed by atoms with E-state index in [1.807, 2.05) is 74.5 Å². The van der Waals surface area contributed by atoms with Crippen molar-refractivity contribution in [3.63, 3.8) is 0 Å². The van der Waals surface area contributed by atoms with Crippen LogP contribution in [0, 0.1) is 5.82 Å². The fraction of sp³-hybridized carbons (Fsp3) is 0.200. The summed E-state index contributed by atoms with van der Waals surface area (Å²) in [6, 6.07) is 14.2. The molecule has 0 amide bonds. The zero-order chi connectivity index (χ0) is 26.0. The highest BCUT2D eigenvalue weighted by molar-refractivity contribution is 5.45. The summed E-state index contributed by atoms with van der Waals surface area (Å²) in [4.78, 5) is 2.10. The maximum absolute atomic E-state index is 13.7. The van der Waals surface area contributed by atoms with Gasteiger partial charge < -0.3 is 10.0 Å². The number of phenols is 1. The van der Waals surface area contributed by atoms with E-state index in [9.17, 15) is 9.50 Å². The van der Waals surface area contributed by atoms with E-state index < -0.39 is 5.82 Å². The molecular formula is C30H36FN3O. The van der Waals surface area contributed by atoms with E-state index in [1.54, 1.807) is 12.3 Å². The number of rotatable bonds is 12. The summed E-state index contributed by atoms with van der Waals surface area (Å²) in [6.07, 6.45) is 9.41. The second-order valence-corrected chi connectivity index (χ2v) is 8.55. The largest absolute Gasteiger partial charge is 0.508 e. The molecule has 2 aromatic carbocycles. The predicted molar refractivity (Wildman–Crippen MR) is 144 cm³/mol. The lowest BCUT2D eigenvalue weighted by molar-refractivity contribution is 0.0821. The molecule has 0 saturated heterocycles. The zero-order valence-corrected chi connectivity index (χ0v) is 21.2. The normalized spacial score (nSPS) is 11.4. The first-order valence-electron chi connectivity index (χ1n) is 11.4. The number of benzene rings is 2. The Kier molecular flexibility index (Phi) is 10.3. The Bertz CT molecular complexity index is 1130. The minimum absolute atomic E-state index is 0.0466. The average molecular weight is 474 g/mol. The summed E-state index contributed by atoms with van der Waals surface area (Å²) < 4.78 is 13.7. The molecule has 0 atom stereocenters. The first-order valence-corrected chi connectivity index (χ1v) is 11.4. The van der Waals surface area contributed by atoms with Crippen molar-refractivity contribution in [2.75, 3.05) is 14.1 Å². The molecule has 2 aromatic rings. The Labute approximate surface area is 209 Å². The van der Waals surface area contributed by atoms with Crippen molar-refractivity contribution in [2.24, 2.45) is 0 Å². The Morgan fingerprint density at radius 3 is 2.29 bits per heavy atom. The van der Waals surface area contributed by atoms with E-state index in [2.05, 4.69) is 36.8 Å². The summed E-state index contributed by atoms with van der Waals surface area (Å²) in [7, 11) is 3.87. The molecule has 35 heavy (non-hydrogen) atoms. The maximum atomic E-state index is 13.7. The third kappa shape index (κ3) is 8.16. The molecule has 0 aliphatic rings. The quantitative estimate of drug-likeness (QED) is 0.267. The number of hydrogen-bond acceptors (Lipinski definition) is 4. The van der Waals surface area contributed by atoms with E-state index in [1.165, 1.54) is 23.8 Å². The Morgan fingerprint density at radius 1 is 1.00 bits per heavy atom. The van der Waals surface area contributed by atoms with Gasteiger partial charge in [-0.1, -0.05) is 67.8 Å². The molecule has 0 spiro atoms. The van der Waals surface area contributed by atoms with E-state index in [0.717, 1.165) is 29.0 Å². The highest BCUT2D eigenvalue weighted by Crippen LogP contribution is 2.23. The van der Waals surface area contributed by atoms with Crippen LogP contribution in [0.2, 0.25) is 0 Å². The topological polar surface area (TPSA) is 30.0 Å². The van der Waals surface area contributed by atoms with E-state index in [0.29, 0.717) is 12.1 Å². The van der Waals surface area contributed by atoms with Gasteiger partial charge in [0.15, 0.2) is 0 Å². The summed E-state index contributed by atoms with van der Waals surface area (Å²) in [5.74, 6) is -0.346. The molecule has 184 valence electrons. The van der Waals surface area contributed by atoms with Gasteiger partial charge in [0, 0.05) is 45.1 Å². The highest BCUT2D eigenvalue weighted by Gasteiger charge is 2.14. The molecule has 0 aliphatic heterocycles. The Hall–Kier alpha value is -3.83. The number of allylic oxidation sites excluding steroid dienone is 6. The second kappa shape index (κ2) is 13.2. The van der Waals surface area contributed by atoms with Gasteiger partial charge in [0.2, 0.25) is 0 Å². The molecule has 0 heterocycles. The first-order chi connectivity index (χ1) is 16.7. The van der Waals surface area contributed by atoms with E-state index in [-0.39, 0.29) is 5.75 Å². The Morgan fingerprint density at radius 2 is 1.69 bits per heavy atom. The van der Waals surface area contributed by atoms with Crippen molar-refractivity contribution in [3.05, 3.63) is 138 Å². The van der Waals surface area contributed by atoms with Gasteiger partial charge in [-0.15, -0.1) is 0 Å². The van der Waals surface area contributed by atoms with Crippen molar-refractivity contribution in [1.29, 1.82) is 0 Å². The molecule has 2 rings (SSSR count). The van der Waals surface area contributed by atoms with Gasteiger partial charge in [0.05, 0.1) is 5.70 Å². The third-order valence-corrected chi connectivity index (χ3v) is 5.41. The molecule has 0 saturated carbocycles. The van der Waals surface area contributed by atoms with Crippen LogP contribution >= 0.6 is 0 Å². The van der Waals surface area contributed by atoms with E-state index >= 15 is 0 Å². The molecule has 0 unspecified atom stereocenters. The van der Waals surface area contributed by atoms with Gasteiger partial charge in [0.1, 0.15) is 11.6 Å². The molecule has 0 aromatic heterocycles. The van der Waals surface area contributed by atoms with Gasteiger partial charge in [-0.25, -0.2) is 9.40 Å². The van der Waals surface area contributed by atoms with Crippen LogP contribution in [0.15, 0.2) is 121 Å². The van der Waals surface area contributed by atoms with Crippen LogP contribution in [-0.2, 0) is 13.1 Å². The lowest BCUT2D eigenvalue weighted by Crippen LogP contribution is -2.34. The molecule has 5 heteroatoms. The smallest absolute Gasteiger partial charge is 0.123 e. The molecule has 0 radical (unpaired) electrons. The lowest BCUT2D eigenvalue weighted by Gasteiger charge is -2.32. The molecule has 0 aliphatic carbocycles. The summed E-state index contributed by atoms with van der Waals surface area (Å²) in [5, 5.41) is 13.8. The number of hydrazine groups is 1. The lowest BCUT2D eigenvalue weighted by atomic mass is 10.1. The highest BCUT2D eigenvalue weighted by atomic mass is 19.1. The van der Waals surface area contributed by atoms with Gasteiger partial charge >= 0.3 is 0 Å². The van der Waals surface area contributed by atoms with Gasteiger partial charge in [0.25, 0.3) is 0 Å². The number of nitrogens with zero attached hydrogens (tertiary/aromatic N) is 3. The zero-order valence-electron chi connectivity index (χ0n) is 21.2. The van der Waals surface area contributed by atoms with Crippen molar-refractivity contribution >= 4 is 0 Å². The number of aromatic hydroxyl groups is 1. The fourth-order valence-corrected chi connectivity index (χ4v) is 3.59. The van der Waals surface area contributed by atoms with Crippen molar-refractivity contribution in [2.45, 2.75) is 26.9 Å². The minimum Gasteiger partial charge on any atom is -0.508 e. The minimum atomic E-state index is -0.393. The predicted octanol–water partition coefficient (Wildman–Crippen LogP) is 6.93. The summed E-state index contributed by atoms with van der Waals surface area (Å²) >= 11 is 0. The second-order valence-electron chi connectivity index (χ2n) is 8.55. The van der Waals surface area contributed by atoms with Crippen LogP contribution in [0.25, 0.3) is 0 Å². The summed E-state index contributed by atoms with van der Waals surface area (Å²) in [6.45, 7) is 17.2. The number of hydrogen-bond donors (Lipinski definition) is 1. The number of phenolic OH excluding ortho intramolecular Hbond substituents is 1. The first kappa shape index (κ1) is 27.4. The summed E-state index contributed by atoms with van der Waals surface area (Å²) in [5.41, 5.74) is 5.37. The van der Waals surface area contributed by atoms with Crippen molar-refractivity contribution in [3.8, 4) is 5.75 Å². The van der Waals surface area contributed by atoms with Crippen LogP contribution in [0.1, 0.15) is 25.0 Å². The van der Waals surface area contributed by atoms with Gasteiger partial charge in [-0.3, -0.25) is 5.01 Å². The molecule has 0 fully saturated rings. The average Bonchev–Trinajstić information content (AvgIpc) is 2.82. The van der Waals surface area contributed by atoms with Crippen LogP contribution in [-0.4, -0.2) is 34.1 Å². The van der Waals surface area contributed by atoms with Gasteiger partial charge in [-0.05, 0) is 54.8 Å². The SMILES string of the molecule is C=C/C(=C\N(C)Cc1ccccc1)C(=C)/C=C\C(=C(C)C)N(C=C)N(C)Cc1cc(F)ccc1O. The van der Waals surface area contributed by atoms with Crippen LogP contribution < -0.4 is 0 Å². The molecule has 1 N–H and O–H groups in total. The molecule has 4 nitrogen and oxygen atoms in total. The molecular weight excluding hydrogens is 437 g/mol. The van der Waals surface area contributed by atoms with Gasteiger partial charge in [-0.2, -0.15) is 0 Å². The molecule has 0 bridgehead atoms. The maximum Gasteiger partial charge on any atom is 0.123 e. The van der Waals surface area contributed by atoms with E-state index in [4.69, 9.17) is 0 Å². The van der Waals surface area contributed by atoms with Crippen LogP contribution in [0.3, 0.4) is 0 Å². The monoisotopic (exact) mass is 473 g/mol. The third-order valence-electron chi connectivity index (χ3n) is 5.41. The van der Waals surface area contributed by atoms with Crippen molar-refractivity contribution in [1.82, 2.24) is 14.9 Å². The standard InChI is InChI=1S/C30H36FN3O/c1-8-26(21-32(6)20-25-13-11-10-12-14-25)24(5)15-17-29(23(3)4)34(9-2)33(7)22-27-19-28(31)16-18-30(27)35/h8-19,21,35H,1-2,5,20,22H2,3-4,6-7H3/b17-15-,26-21+. The van der Waals surface area contributed by atoms with Crippen LogP contribution in [0.5, 0.6) is 5.75 Å². The number of halogens is 1. The Balaban J connectivity index is 2.19. The van der Waals surface area contributed by atoms with Crippen LogP contribution in [0.4, 0.5) is 4.39 Å².